The minimum Gasteiger partial charge on any atom is -0.354 e. The number of hydrogen-bond donors (Lipinski definition) is 1. The summed E-state index contributed by atoms with van der Waals surface area (Å²) in [7, 11) is 0. The average molecular weight is 328 g/mol. The molecule has 1 amide bonds. The Bertz CT molecular complexity index is 836. The highest BCUT2D eigenvalue weighted by Gasteiger charge is 2.28. The monoisotopic (exact) mass is 328 g/mol. The predicted molar refractivity (Wildman–Crippen MR) is 88.2 cm³/mol. The maximum Gasteiger partial charge on any atom is 0.262 e. The molecule has 1 aromatic carbocycles. The quantitative estimate of drug-likeness (QED) is 0.497. The molecule has 1 N–H and O–H groups in total. The van der Waals surface area contributed by atoms with Crippen LogP contribution >= 0.6 is 11.8 Å². The molecular formula is C16H16N4O2S. The van der Waals surface area contributed by atoms with Crippen LogP contribution in [0.2, 0.25) is 0 Å². The number of benzene rings is 1. The fourth-order valence-corrected chi connectivity index (χ4v) is 3.22. The van der Waals surface area contributed by atoms with E-state index in [1.807, 2.05) is 24.3 Å². The van der Waals surface area contributed by atoms with E-state index in [1.54, 1.807) is 10.6 Å². The molecule has 2 aromatic rings. The van der Waals surface area contributed by atoms with Crippen molar-refractivity contribution in [1.82, 2.24) is 14.9 Å². The summed E-state index contributed by atoms with van der Waals surface area (Å²) in [5.41, 5.74) is 0.618. The van der Waals surface area contributed by atoms with E-state index in [2.05, 4.69) is 10.3 Å². The van der Waals surface area contributed by atoms with Gasteiger partial charge in [0.1, 0.15) is 0 Å². The maximum absolute atomic E-state index is 12.7. The van der Waals surface area contributed by atoms with Crippen molar-refractivity contribution in [3.8, 4) is 6.07 Å². The summed E-state index contributed by atoms with van der Waals surface area (Å²) >= 11 is 1.27. The molecule has 6 nitrogen and oxygen atoms in total. The van der Waals surface area contributed by atoms with Gasteiger partial charge in [-0.1, -0.05) is 23.9 Å². The summed E-state index contributed by atoms with van der Waals surface area (Å²) in [4.78, 5) is 29.0. The molecule has 1 aliphatic carbocycles. The first-order chi connectivity index (χ1) is 11.2. The topological polar surface area (TPSA) is 87.8 Å². The first-order valence-corrected chi connectivity index (χ1v) is 8.47. The third-order valence-electron chi connectivity index (χ3n) is 3.58. The highest BCUT2D eigenvalue weighted by molar-refractivity contribution is 7.99. The van der Waals surface area contributed by atoms with Crippen molar-refractivity contribution in [2.75, 3.05) is 12.3 Å². The van der Waals surface area contributed by atoms with Gasteiger partial charge in [0, 0.05) is 12.6 Å². The van der Waals surface area contributed by atoms with Gasteiger partial charge in [-0.05, 0) is 25.0 Å². The van der Waals surface area contributed by atoms with Crippen LogP contribution in [-0.4, -0.2) is 27.8 Å². The Morgan fingerprint density at radius 3 is 2.96 bits per heavy atom. The molecule has 1 saturated carbocycles. The molecule has 0 atom stereocenters. The van der Waals surface area contributed by atoms with E-state index >= 15 is 0 Å². The van der Waals surface area contributed by atoms with Crippen LogP contribution in [0.4, 0.5) is 0 Å². The van der Waals surface area contributed by atoms with Crippen LogP contribution in [0.25, 0.3) is 10.9 Å². The molecule has 1 heterocycles. The number of hydrogen-bond acceptors (Lipinski definition) is 5. The van der Waals surface area contributed by atoms with E-state index in [1.165, 1.54) is 11.8 Å². The highest BCUT2D eigenvalue weighted by Crippen LogP contribution is 2.36. The van der Waals surface area contributed by atoms with Crippen molar-refractivity contribution in [2.45, 2.75) is 30.5 Å². The number of carbonyl (C=O) groups excluding carboxylic acids is 1. The van der Waals surface area contributed by atoms with Crippen molar-refractivity contribution >= 4 is 28.6 Å². The second-order valence-electron chi connectivity index (χ2n) is 5.36. The molecule has 0 saturated heterocycles. The smallest absolute Gasteiger partial charge is 0.262 e. The van der Waals surface area contributed by atoms with Crippen molar-refractivity contribution < 1.29 is 4.79 Å². The van der Waals surface area contributed by atoms with Crippen LogP contribution < -0.4 is 10.9 Å². The van der Waals surface area contributed by atoms with Crippen LogP contribution in [0, 0.1) is 11.3 Å². The molecule has 118 valence electrons. The van der Waals surface area contributed by atoms with Gasteiger partial charge in [-0.25, -0.2) is 4.98 Å². The zero-order chi connectivity index (χ0) is 16.2. The number of nitrogens with one attached hydrogen (secondary N) is 1. The number of amides is 1. The Morgan fingerprint density at radius 2 is 2.22 bits per heavy atom. The molecule has 1 aromatic heterocycles. The normalized spacial score (nSPS) is 13.7. The largest absolute Gasteiger partial charge is 0.354 e. The van der Waals surface area contributed by atoms with Crippen molar-refractivity contribution in [1.29, 1.82) is 5.26 Å². The average Bonchev–Trinajstić information content (AvgIpc) is 3.38. The number of para-hydroxylation sites is 1. The molecule has 1 fully saturated rings. The molecule has 1 aliphatic rings. The molecule has 0 bridgehead atoms. The van der Waals surface area contributed by atoms with Crippen LogP contribution in [0.5, 0.6) is 0 Å². The third kappa shape index (κ3) is 3.54. The summed E-state index contributed by atoms with van der Waals surface area (Å²) in [6, 6.07) is 9.45. The van der Waals surface area contributed by atoms with E-state index in [-0.39, 0.29) is 29.7 Å². The van der Waals surface area contributed by atoms with Gasteiger partial charge >= 0.3 is 0 Å². The zero-order valence-corrected chi connectivity index (χ0v) is 13.3. The number of carbonyl (C=O) groups is 1. The SMILES string of the molecule is N#CCCNC(=O)CSc1nc2ccccc2c(=O)n1C1CC1. The van der Waals surface area contributed by atoms with Crippen LogP contribution in [0.3, 0.4) is 0 Å². The van der Waals surface area contributed by atoms with E-state index in [9.17, 15) is 9.59 Å². The fraction of sp³-hybridized carbons (Fsp3) is 0.375. The van der Waals surface area contributed by atoms with E-state index in [0.29, 0.717) is 22.6 Å². The summed E-state index contributed by atoms with van der Waals surface area (Å²) in [5, 5.41) is 12.3. The van der Waals surface area contributed by atoms with Crippen LogP contribution in [0.1, 0.15) is 25.3 Å². The van der Waals surface area contributed by atoms with Gasteiger partial charge in [0.2, 0.25) is 5.91 Å². The number of thioether (sulfide) groups is 1. The van der Waals surface area contributed by atoms with E-state index in [4.69, 9.17) is 5.26 Å². The second-order valence-corrected chi connectivity index (χ2v) is 6.31. The number of aromatic nitrogens is 2. The third-order valence-corrected chi connectivity index (χ3v) is 4.53. The summed E-state index contributed by atoms with van der Waals surface area (Å²) in [6.07, 6.45) is 2.24. The lowest BCUT2D eigenvalue weighted by molar-refractivity contribution is -0.118. The number of nitrogens with zero attached hydrogens (tertiary/aromatic N) is 3. The van der Waals surface area contributed by atoms with Crippen molar-refractivity contribution in [3.63, 3.8) is 0 Å². The summed E-state index contributed by atoms with van der Waals surface area (Å²) < 4.78 is 1.72. The first-order valence-electron chi connectivity index (χ1n) is 7.48. The van der Waals surface area contributed by atoms with Gasteiger partial charge in [0.25, 0.3) is 5.56 Å². The Kier molecular flexibility index (Phi) is 4.63. The Balaban J connectivity index is 1.82. The van der Waals surface area contributed by atoms with Gasteiger partial charge in [0.15, 0.2) is 5.16 Å². The van der Waals surface area contributed by atoms with Crippen LogP contribution in [0.15, 0.2) is 34.2 Å². The Morgan fingerprint density at radius 1 is 1.43 bits per heavy atom. The van der Waals surface area contributed by atoms with Gasteiger partial charge < -0.3 is 5.32 Å². The minimum absolute atomic E-state index is 0.0366. The lowest BCUT2D eigenvalue weighted by Crippen LogP contribution is -2.27. The highest BCUT2D eigenvalue weighted by atomic mass is 32.2. The van der Waals surface area contributed by atoms with E-state index < -0.39 is 0 Å². The predicted octanol–water partition coefficient (Wildman–Crippen LogP) is 1.85. The van der Waals surface area contributed by atoms with Gasteiger partial charge in [-0.3, -0.25) is 14.2 Å². The first kappa shape index (κ1) is 15.6. The molecule has 0 unspecified atom stereocenters. The van der Waals surface area contributed by atoms with Crippen molar-refractivity contribution in [2.24, 2.45) is 0 Å². The molecule has 7 heteroatoms. The number of rotatable bonds is 6. The molecular weight excluding hydrogens is 312 g/mol. The van der Waals surface area contributed by atoms with Crippen LogP contribution in [-0.2, 0) is 4.79 Å². The van der Waals surface area contributed by atoms with Gasteiger partial charge in [-0.2, -0.15) is 5.26 Å². The minimum atomic E-state index is -0.157. The lowest BCUT2D eigenvalue weighted by atomic mass is 10.2. The van der Waals surface area contributed by atoms with E-state index in [0.717, 1.165) is 12.8 Å². The fourth-order valence-electron chi connectivity index (χ4n) is 2.32. The Hall–Kier alpha value is -2.33. The number of nitriles is 1. The molecule has 23 heavy (non-hydrogen) atoms. The lowest BCUT2D eigenvalue weighted by Gasteiger charge is -2.12. The molecule has 0 spiro atoms. The van der Waals surface area contributed by atoms with Gasteiger partial charge in [0.05, 0.1) is 29.1 Å². The molecule has 0 aliphatic heterocycles. The zero-order valence-electron chi connectivity index (χ0n) is 12.5. The Labute approximate surface area is 137 Å². The van der Waals surface area contributed by atoms with Crippen molar-refractivity contribution in [3.05, 3.63) is 34.6 Å². The molecule has 0 radical (unpaired) electrons. The summed E-state index contributed by atoms with van der Waals surface area (Å²) in [5.74, 6) is 0.0261. The number of fused-ring (bicyclic) bond motifs is 1. The second kappa shape index (κ2) is 6.84. The maximum atomic E-state index is 12.7. The molecule has 3 rings (SSSR count). The summed E-state index contributed by atoms with van der Waals surface area (Å²) in [6.45, 7) is 0.344. The van der Waals surface area contributed by atoms with Gasteiger partial charge in [-0.15, -0.1) is 0 Å². The standard InChI is InChI=1S/C16H16N4O2S/c17-8-3-9-18-14(21)10-23-16-19-13-5-2-1-4-12(13)15(22)20(16)11-6-7-11/h1-2,4-5,11H,3,6-7,9-10H2,(H,18,21).